The molecule has 0 saturated carbocycles. The van der Waals surface area contributed by atoms with Gasteiger partial charge in [-0.2, -0.15) is 0 Å². The van der Waals surface area contributed by atoms with Crippen LogP contribution >= 0.6 is 23.2 Å². The van der Waals surface area contributed by atoms with Crippen LogP contribution in [0, 0.1) is 13.8 Å². The van der Waals surface area contributed by atoms with Crippen molar-refractivity contribution in [1.29, 1.82) is 0 Å². The van der Waals surface area contributed by atoms with Crippen molar-refractivity contribution in [2.75, 3.05) is 0 Å². The second-order valence-corrected chi connectivity index (χ2v) is 5.69. The highest BCUT2D eigenvalue weighted by Gasteiger charge is 2.25. The normalized spacial score (nSPS) is 10.5. The predicted molar refractivity (Wildman–Crippen MR) is 85.3 cm³/mol. The van der Waals surface area contributed by atoms with E-state index in [0.717, 1.165) is 0 Å². The first-order valence-corrected chi connectivity index (χ1v) is 7.05. The number of carbonyl (C=O) groups is 2. The molecule has 0 aliphatic rings. The van der Waals surface area contributed by atoms with Gasteiger partial charge in [-0.15, -0.1) is 0 Å². The van der Waals surface area contributed by atoms with Gasteiger partial charge >= 0.3 is 11.9 Å². The molecule has 0 saturated heterocycles. The van der Waals surface area contributed by atoms with Crippen molar-refractivity contribution in [3.63, 3.8) is 0 Å². The van der Waals surface area contributed by atoms with E-state index in [1.54, 1.807) is 13.8 Å². The fourth-order valence-corrected chi connectivity index (χ4v) is 2.83. The summed E-state index contributed by atoms with van der Waals surface area (Å²) in [4.78, 5) is 23.2. The Morgan fingerprint density at radius 3 is 2.14 bits per heavy atom. The molecule has 0 aliphatic heterocycles. The van der Waals surface area contributed by atoms with Gasteiger partial charge in [-0.25, -0.2) is 9.59 Å². The van der Waals surface area contributed by atoms with Crippen LogP contribution in [0.3, 0.4) is 0 Å². The zero-order chi connectivity index (χ0) is 16.6. The van der Waals surface area contributed by atoms with E-state index in [9.17, 15) is 19.8 Å². The number of benzene rings is 2. The number of rotatable bonds is 3. The van der Waals surface area contributed by atoms with Gasteiger partial charge in [-0.1, -0.05) is 29.3 Å². The minimum Gasteiger partial charge on any atom is -0.478 e. The Morgan fingerprint density at radius 1 is 1.00 bits per heavy atom. The van der Waals surface area contributed by atoms with Crippen molar-refractivity contribution < 1.29 is 19.8 Å². The average molecular weight is 339 g/mol. The standard InChI is InChI=1S/C16H12Cl2O4/c1-7-5-11(15(19)20)14(13(8(7)2)16(21)22)10-4-3-9(17)6-12(10)18/h3-6H,1-2H3,(H,19,20)(H,21,22). The highest BCUT2D eigenvalue weighted by molar-refractivity contribution is 6.36. The quantitative estimate of drug-likeness (QED) is 0.852. The smallest absolute Gasteiger partial charge is 0.336 e. The number of hydrogen-bond acceptors (Lipinski definition) is 2. The number of carboxylic acids is 2. The monoisotopic (exact) mass is 338 g/mol. The molecule has 0 bridgehead atoms. The molecule has 22 heavy (non-hydrogen) atoms. The molecule has 114 valence electrons. The number of aryl methyl sites for hydroxylation is 1. The van der Waals surface area contributed by atoms with Crippen LogP contribution in [0.1, 0.15) is 31.8 Å². The Bertz CT molecular complexity index is 797. The van der Waals surface area contributed by atoms with Crippen molar-refractivity contribution in [3.05, 3.63) is 56.6 Å². The fourth-order valence-electron chi connectivity index (χ4n) is 2.32. The first-order valence-electron chi connectivity index (χ1n) is 6.30. The third-order valence-electron chi connectivity index (χ3n) is 3.49. The van der Waals surface area contributed by atoms with E-state index in [4.69, 9.17) is 23.2 Å². The topological polar surface area (TPSA) is 74.6 Å². The number of halogens is 2. The zero-order valence-electron chi connectivity index (χ0n) is 11.8. The molecule has 0 fully saturated rings. The third kappa shape index (κ3) is 2.80. The predicted octanol–water partition coefficient (Wildman–Crippen LogP) is 4.67. The summed E-state index contributed by atoms with van der Waals surface area (Å²) < 4.78 is 0. The second kappa shape index (κ2) is 5.99. The summed E-state index contributed by atoms with van der Waals surface area (Å²) in [5.74, 6) is -2.42. The Morgan fingerprint density at radius 2 is 1.64 bits per heavy atom. The van der Waals surface area contributed by atoms with Crippen LogP contribution in [0.4, 0.5) is 0 Å². The van der Waals surface area contributed by atoms with E-state index in [-0.39, 0.29) is 21.7 Å². The second-order valence-electron chi connectivity index (χ2n) is 4.85. The summed E-state index contributed by atoms with van der Waals surface area (Å²) in [6.07, 6.45) is 0. The van der Waals surface area contributed by atoms with Crippen LogP contribution in [0.15, 0.2) is 24.3 Å². The van der Waals surface area contributed by atoms with Crippen LogP contribution in [0.2, 0.25) is 10.0 Å². The molecule has 2 rings (SSSR count). The molecule has 0 heterocycles. The molecule has 2 aromatic carbocycles. The number of carboxylic acid groups (broad SMARTS) is 2. The molecule has 4 nitrogen and oxygen atoms in total. The molecule has 2 aromatic rings. The lowest BCUT2D eigenvalue weighted by Gasteiger charge is -2.16. The van der Waals surface area contributed by atoms with E-state index in [1.165, 1.54) is 24.3 Å². The largest absolute Gasteiger partial charge is 0.478 e. The van der Waals surface area contributed by atoms with E-state index in [2.05, 4.69) is 0 Å². The number of aromatic carboxylic acids is 2. The molecule has 0 unspecified atom stereocenters. The van der Waals surface area contributed by atoms with Gasteiger partial charge in [-0.05, 0) is 43.2 Å². The molecule has 6 heteroatoms. The Kier molecular flexibility index (Phi) is 4.44. The molecule has 0 atom stereocenters. The van der Waals surface area contributed by atoms with E-state index in [0.29, 0.717) is 21.7 Å². The fraction of sp³-hybridized carbons (Fsp3) is 0.125. The van der Waals surface area contributed by atoms with Gasteiger partial charge in [0.05, 0.1) is 11.1 Å². The summed E-state index contributed by atoms with van der Waals surface area (Å²) >= 11 is 12.0. The summed E-state index contributed by atoms with van der Waals surface area (Å²) in [6, 6.07) is 5.96. The molecular formula is C16H12Cl2O4. The van der Waals surface area contributed by atoms with Crippen LogP contribution in [0.25, 0.3) is 11.1 Å². The SMILES string of the molecule is Cc1cc(C(=O)O)c(-c2ccc(Cl)cc2Cl)c(C(=O)O)c1C. The number of hydrogen-bond donors (Lipinski definition) is 2. The molecule has 2 N–H and O–H groups in total. The Hall–Kier alpha value is -2.04. The summed E-state index contributed by atoms with van der Waals surface area (Å²) in [6.45, 7) is 3.30. The van der Waals surface area contributed by atoms with E-state index < -0.39 is 11.9 Å². The summed E-state index contributed by atoms with van der Waals surface area (Å²) in [7, 11) is 0. The van der Waals surface area contributed by atoms with Crippen LogP contribution < -0.4 is 0 Å². The van der Waals surface area contributed by atoms with Crippen molar-refractivity contribution in [1.82, 2.24) is 0 Å². The highest BCUT2D eigenvalue weighted by Crippen LogP contribution is 2.37. The minimum absolute atomic E-state index is 0.0679. The van der Waals surface area contributed by atoms with Crippen molar-refractivity contribution in [2.45, 2.75) is 13.8 Å². The van der Waals surface area contributed by atoms with Gasteiger partial charge in [0.1, 0.15) is 0 Å². The Labute approximate surface area is 136 Å². The summed E-state index contributed by atoms with van der Waals surface area (Å²) in [5, 5.41) is 19.5. The molecule has 0 spiro atoms. The maximum Gasteiger partial charge on any atom is 0.336 e. The third-order valence-corrected chi connectivity index (χ3v) is 4.04. The lowest BCUT2D eigenvalue weighted by molar-refractivity contribution is 0.0695. The van der Waals surface area contributed by atoms with Gasteiger partial charge in [0.25, 0.3) is 0 Å². The zero-order valence-corrected chi connectivity index (χ0v) is 13.3. The molecule has 0 aliphatic carbocycles. The summed E-state index contributed by atoms with van der Waals surface area (Å²) in [5.41, 5.74) is 1.32. The molecule has 0 aromatic heterocycles. The van der Waals surface area contributed by atoms with Gasteiger partial charge in [0.2, 0.25) is 0 Å². The molecular weight excluding hydrogens is 327 g/mol. The van der Waals surface area contributed by atoms with Gasteiger partial charge < -0.3 is 10.2 Å². The van der Waals surface area contributed by atoms with Gasteiger partial charge in [0, 0.05) is 21.2 Å². The average Bonchev–Trinajstić information content (AvgIpc) is 2.41. The van der Waals surface area contributed by atoms with Crippen LogP contribution in [-0.2, 0) is 0 Å². The van der Waals surface area contributed by atoms with Crippen LogP contribution in [-0.4, -0.2) is 22.2 Å². The van der Waals surface area contributed by atoms with Crippen LogP contribution in [0.5, 0.6) is 0 Å². The first-order chi connectivity index (χ1) is 10.2. The van der Waals surface area contributed by atoms with Crippen molar-refractivity contribution in [2.24, 2.45) is 0 Å². The van der Waals surface area contributed by atoms with Crippen molar-refractivity contribution >= 4 is 35.1 Å². The Balaban J connectivity index is 2.97. The maximum atomic E-state index is 11.7. The first kappa shape index (κ1) is 16.3. The van der Waals surface area contributed by atoms with Gasteiger partial charge in [-0.3, -0.25) is 0 Å². The lowest BCUT2D eigenvalue weighted by atomic mass is 9.88. The van der Waals surface area contributed by atoms with E-state index >= 15 is 0 Å². The van der Waals surface area contributed by atoms with E-state index in [1.807, 2.05) is 0 Å². The van der Waals surface area contributed by atoms with Crippen molar-refractivity contribution in [3.8, 4) is 11.1 Å². The van der Waals surface area contributed by atoms with Gasteiger partial charge in [0.15, 0.2) is 0 Å². The minimum atomic E-state index is -1.22. The highest BCUT2D eigenvalue weighted by atomic mass is 35.5. The molecule has 0 amide bonds. The molecule has 0 radical (unpaired) electrons. The maximum absolute atomic E-state index is 11.7. The lowest BCUT2D eigenvalue weighted by Crippen LogP contribution is -2.11.